The highest BCUT2D eigenvalue weighted by atomic mass is 16.5. The molecule has 0 amide bonds. The van der Waals surface area contributed by atoms with Gasteiger partial charge in [-0.15, -0.1) is 6.58 Å². The average Bonchev–Trinajstić information content (AvgIpc) is 2.85. The van der Waals surface area contributed by atoms with Crippen molar-refractivity contribution in [1.29, 1.82) is 0 Å². The van der Waals surface area contributed by atoms with E-state index in [0.29, 0.717) is 19.8 Å². The van der Waals surface area contributed by atoms with Gasteiger partial charge in [-0.1, -0.05) is 104 Å². The van der Waals surface area contributed by atoms with E-state index in [1.807, 2.05) is 72.8 Å². The van der Waals surface area contributed by atoms with Gasteiger partial charge in [0, 0.05) is 12.5 Å². The van der Waals surface area contributed by atoms with E-state index in [0.717, 1.165) is 23.1 Å². The van der Waals surface area contributed by atoms with Crippen molar-refractivity contribution in [3.63, 3.8) is 0 Å². The lowest BCUT2D eigenvalue weighted by Gasteiger charge is -2.32. The van der Waals surface area contributed by atoms with Gasteiger partial charge in [0.15, 0.2) is 0 Å². The summed E-state index contributed by atoms with van der Waals surface area (Å²) in [6.07, 6.45) is 1.89. The Balaban J connectivity index is 1.65. The number of hydrogen-bond acceptors (Lipinski definition) is 3. The molecule has 0 saturated heterocycles. The molecule has 3 nitrogen and oxygen atoms in total. The minimum Gasteiger partial charge on any atom is -0.388 e. The molecule has 0 aliphatic carbocycles. The number of hydrogen-bond donors (Lipinski definition) is 1. The van der Waals surface area contributed by atoms with E-state index in [9.17, 15) is 5.11 Å². The van der Waals surface area contributed by atoms with Crippen LogP contribution in [0, 0.1) is 11.8 Å². The summed E-state index contributed by atoms with van der Waals surface area (Å²) in [5.41, 5.74) is 3.19. The van der Waals surface area contributed by atoms with Gasteiger partial charge >= 0.3 is 0 Å². The molecule has 0 aliphatic rings. The van der Waals surface area contributed by atoms with Crippen LogP contribution in [0.4, 0.5) is 0 Å². The van der Waals surface area contributed by atoms with Crippen molar-refractivity contribution >= 4 is 0 Å². The standard InChI is InChI=1S/C29H34O3/c1-3-27(29(30)26-17-11-6-12-18-26)23(2)28(32-22-25-15-9-5-10-16-25)19-20-31-21-24-13-7-4-8-14-24/h3-18,23,27-30H,1,19-22H2,2H3/t23-,27+,28-,29+/m0/s1. The highest BCUT2D eigenvalue weighted by molar-refractivity contribution is 5.20. The Hall–Kier alpha value is -2.72. The molecule has 168 valence electrons. The summed E-state index contributed by atoms with van der Waals surface area (Å²) in [5.74, 6) is -0.0703. The van der Waals surface area contributed by atoms with Gasteiger partial charge in [0.05, 0.1) is 25.4 Å². The van der Waals surface area contributed by atoms with Crippen molar-refractivity contribution in [2.24, 2.45) is 11.8 Å². The highest BCUT2D eigenvalue weighted by Gasteiger charge is 2.30. The molecule has 3 aromatic carbocycles. The molecule has 0 heterocycles. The summed E-state index contributed by atoms with van der Waals surface area (Å²) in [5, 5.41) is 11.0. The second-order valence-electron chi connectivity index (χ2n) is 8.19. The van der Waals surface area contributed by atoms with Gasteiger partial charge in [0.2, 0.25) is 0 Å². The lowest BCUT2D eigenvalue weighted by Crippen LogP contribution is -2.32. The Kier molecular flexibility index (Phi) is 9.70. The third-order valence-corrected chi connectivity index (χ3v) is 5.94. The van der Waals surface area contributed by atoms with Crippen LogP contribution in [0.3, 0.4) is 0 Å². The van der Waals surface area contributed by atoms with E-state index >= 15 is 0 Å². The van der Waals surface area contributed by atoms with Crippen LogP contribution in [0.1, 0.15) is 36.1 Å². The molecule has 0 unspecified atom stereocenters. The van der Waals surface area contributed by atoms with Crippen LogP contribution in [0.15, 0.2) is 104 Å². The Morgan fingerprint density at radius 3 is 1.91 bits per heavy atom. The van der Waals surface area contributed by atoms with Gasteiger partial charge in [-0.2, -0.15) is 0 Å². The molecule has 3 aromatic rings. The van der Waals surface area contributed by atoms with Crippen LogP contribution in [-0.2, 0) is 22.7 Å². The first-order chi connectivity index (χ1) is 15.7. The third kappa shape index (κ3) is 7.16. The summed E-state index contributed by atoms with van der Waals surface area (Å²) in [7, 11) is 0. The largest absolute Gasteiger partial charge is 0.388 e. The number of benzene rings is 3. The van der Waals surface area contributed by atoms with E-state index in [-0.39, 0.29) is 17.9 Å². The van der Waals surface area contributed by atoms with E-state index in [1.54, 1.807) is 0 Å². The Morgan fingerprint density at radius 1 is 0.812 bits per heavy atom. The minimum absolute atomic E-state index is 0.0618. The van der Waals surface area contributed by atoms with Crippen molar-refractivity contribution in [2.75, 3.05) is 6.61 Å². The van der Waals surface area contributed by atoms with Crippen LogP contribution in [0.5, 0.6) is 0 Å². The van der Waals surface area contributed by atoms with Gasteiger partial charge in [0.1, 0.15) is 0 Å². The first-order valence-electron chi connectivity index (χ1n) is 11.3. The number of rotatable bonds is 13. The second kappa shape index (κ2) is 13.0. The predicted molar refractivity (Wildman–Crippen MR) is 130 cm³/mol. The molecule has 1 N–H and O–H groups in total. The summed E-state index contributed by atoms with van der Waals surface area (Å²) in [4.78, 5) is 0. The second-order valence-corrected chi connectivity index (χ2v) is 8.19. The van der Waals surface area contributed by atoms with Crippen LogP contribution in [-0.4, -0.2) is 17.8 Å². The molecule has 32 heavy (non-hydrogen) atoms. The first kappa shape index (κ1) is 23.9. The smallest absolute Gasteiger partial charge is 0.0856 e. The van der Waals surface area contributed by atoms with Gasteiger partial charge < -0.3 is 14.6 Å². The zero-order valence-corrected chi connectivity index (χ0v) is 18.8. The highest BCUT2D eigenvalue weighted by Crippen LogP contribution is 2.33. The molecule has 0 radical (unpaired) electrons. The molecule has 0 fully saturated rings. The molecule has 0 aromatic heterocycles. The van der Waals surface area contributed by atoms with Crippen molar-refractivity contribution in [3.8, 4) is 0 Å². The van der Waals surface area contributed by atoms with Gasteiger partial charge in [0.25, 0.3) is 0 Å². The quantitative estimate of drug-likeness (QED) is 0.254. The van der Waals surface area contributed by atoms with Crippen LogP contribution in [0.2, 0.25) is 0 Å². The van der Waals surface area contributed by atoms with Crippen LogP contribution < -0.4 is 0 Å². The SMILES string of the molecule is C=C[C@H]([C@H](C)[C@H](CCOCc1ccccc1)OCc1ccccc1)[C@H](O)c1ccccc1. The van der Waals surface area contributed by atoms with Crippen LogP contribution in [0.25, 0.3) is 0 Å². The van der Waals surface area contributed by atoms with E-state index < -0.39 is 6.10 Å². The zero-order valence-electron chi connectivity index (χ0n) is 18.8. The van der Waals surface area contributed by atoms with Crippen LogP contribution >= 0.6 is 0 Å². The zero-order chi connectivity index (χ0) is 22.6. The molecule has 0 spiro atoms. The molecule has 0 saturated carbocycles. The number of ether oxygens (including phenoxy) is 2. The minimum atomic E-state index is -0.628. The topological polar surface area (TPSA) is 38.7 Å². The Labute approximate surface area is 192 Å². The molecular formula is C29H34O3. The summed E-state index contributed by atoms with van der Waals surface area (Å²) >= 11 is 0. The molecule has 3 heteroatoms. The fourth-order valence-corrected chi connectivity index (χ4v) is 3.99. The monoisotopic (exact) mass is 430 g/mol. The van der Waals surface area contributed by atoms with Crippen molar-refractivity contribution in [2.45, 2.75) is 38.8 Å². The fourth-order valence-electron chi connectivity index (χ4n) is 3.99. The van der Waals surface area contributed by atoms with Crippen molar-refractivity contribution in [3.05, 3.63) is 120 Å². The maximum absolute atomic E-state index is 11.0. The molecule has 3 rings (SSSR count). The summed E-state index contributed by atoms with van der Waals surface area (Å²) in [6, 6.07) is 30.1. The van der Waals surface area contributed by atoms with Gasteiger partial charge in [-0.3, -0.25) is 0 Å². The maximum atomic E-state index is 11.0. The lowest BCUT2D eigenvalue weighted by molar-refractivity contribution is -0.0455. The normalized spacial score (nSPS) is 14.9. The van der Waals surface area contributed by atoms with Crippen molar-refractivity contribution < 1.29 is 14.6 Å². The molecule has 0 bridgehead atoms. The fraction of sp³-hybridized carbons (Fsp3) is 0.310. The number of aliphatic hydroxyl groups is 1. The third-order valence-electron chi connectivity index (χ3n) is 5.94. The summed E-state index contributed by atoms with van der Waals surface area (Å²) < 4.78 is 12.3. The Bertz CT molecular complexity index is 895. The van der Waals surface area contributed by atoms with E-state index in [1.165, 1.54) is 0 Å². The maximum Gasteiger partial charge on any atom is 0.0856 e. The van der Waals surface area contributed by atoms with E-state index in [2.05, 4.69) is 37.8 Å². The Morgan fingerprint density at radius 2 is 1.34 bits per heavy atom. The van der Waals surface area contributed by atoms with Gasteiger partial charge in [-0.25, -0.2) is 0 Å². The van der Waals surface area contributed by atoms with E-state index in [4.69, 9.17) is 9.47 Å². The summed E-state index contributed by atoms with van der Waals surface area (Å²) in [6.45, 7) is 7.85. The average molecular weight is 431 g/mol. The van der Waals surface area contributed by atoms with Crippen molar-refractivity contribution in [1.82, 2.24) is 0 Å². The first-order valence-corrected chi connectivity index (χ1v) is 11.3. The lowest BCUT2D eigenvalue weighted by atomic mass is 9.81. The molecular weight excluding hydrogens is 396 g/mol. The number of aliphatic hydroxyl groups excluding tert-OH is 1. The predicted octanol–water partition coefficient (Wildman–Crippen LogP) is 6.35. The molecule has 0 aliphatic heterocycles. The molecule has 4 atom stereocenters. The van der Waals surface area contributed by atoms with Gasteiger partial charge in [-0.05, 0) is 29.0 Å².